The number of primary amides is 1. The van der Waals surface area contributed by atoms with Crippen molar-refractivity contribution in [2.75, 3.05) is 65.9 Å². The number of para-hydroxylation sites is 1. The van der Waals surface area contributed by atoms with Crippen molar-refractivity contribution >= 4 is 118 Å². The van der Waals surface area contributed by atoms with Crippen LogP contribution in [0.5, 0.6) is 11.5 Å². The van der Waals surface area contributed by atoms with E-state index in [9.17, 15) is 53.4 Å². The van der Waals surface area contributed by atoms with E-state index in [2.05, 4.69) is 52.8 Å². The van der Waals surface area contributed by atoms with Gasteiger partial charge in [0.2, 0.25) is 88.6 Å². The number of aromatic nitrogens is 1. The number of carbonyl (C=O) groups is 16. The normalized spacial score (nSPS) is 22.8. The smallest absolute Gasteiger partial charge is 0.293 e. The largest absolute Gasteiger partial charge is 0.508 e. The second-order valence-electron chi connectivity index (χ2n) is 33.2. The third-order valence-corrected chi connectivity index (χ3v) is 23.9. The third kappa shape index (κ3) is 29.2. The highest BCUT2D eigenvalue weighted by Gasteiger charge is 2.44. The van der Waals surface area contributed by atoms with Crippen molar-refractivity contribution in [1.82, 2.24) is 77.3 Å². The maximum atomic E-state index is 15.7. The minimum atomic E-state index is -1.71. The van der Waals surface area contributed by atoms with Crippen LogP contribution < -0.4 is 53.6 Å². The Labute approximate surface area is 759 Å². The average molecular weight is 1810 g/mol. The van der Waals surface area contributed by atoms with Gasteiger partial charge >= 0.3 is 0 Å². The zero-order valence-electron chi connectivity index (χ0n) is 74.2. The molecule has 1 aromatic heterocycles. The molecule has 7 aromatic rings. The Hall–Kier alpha value is -13.7. The number of rotatable bonds is 23. The van der Waals surface area contributed by atoms with Crippen molar-refractivity contribution in [3.63, 3.8) is 0 Å². The summed E-state index contributed by atoms with van der Waals surface area (Å²) in [5.41, 5.74) is 9.22. The van der Waals surface area contributed by atoms with Gasteiger partial charge in [0, 0.05) is 96.1 Å². The molecule has 0 radical (unpaired) electrons. The summed E-state index contributed by atoms with van der Waals surface area (Å²) in [6, 6.07) is 26.7. The molecule has 2 aliphatic rings. The van der Waals surface area contributed by atoms with Gasteiger partial charge in [0.1, 0.15) is 90.6 Å². The molecule has 0 aliphatic carbocycles. The second kappa shape index (κ2) is 49.0. The zero-order chi connectivity index (χ0) is 94.3. The van der Waals surface area contributed by atoms with Gasteiger partial charge in [-0.2, -0.15) is 0 Å². The molecule has 0 bridgehead atoms. The van der Waals surface area contributed by atoms with Gasteiger partial charge in [-0.05, 0) is 109 Å². The molecule has 35 nitrogen and oxygen atoms in total. The number of nitrogens with one attached hydrogen (secondary N) is 10. The van der Waals surface area contributed by atoms with Crippen molar-refractivity contribution in [2.45, 2.75) is 184 Å². The average Bonchev–Trinajstić information content (AvgIpc) is 1.35. The van der Waals surface area contributed by atoms with Gasteiger partial charge in [-0.3, -0.25) is 76.7 Å². The molecule has 2 aliphatic heterocycles. The first kappa shape index (κ1) is 100. The fourth-order valence-corrected chi connectivity index (χ4v) is 16.6. The molecule has 9 rings (SSSR count). The molecule has 2 fully saturated rings. The van der Waals surface area contributed by atoms with E-state index >= 15 is 33.6 Å². The molecule has 3 heterocycles. The lowest BCUT2D eigenvalue weighted by Crippen LogP contribution is -2.62. The number of likely N-dealkylation sites (N-methyl/N-ethyl adjacent to an activating group) is 4. The number of aromatic amines is 1. The number of H-pyrrole nitrogens is 1. The Morgan fingerprint density at radius 1 is 0.515 bits per heavy atom. The Kier molecular flexibility index (Phi) is 37.8. The molecule has 2 saturated heterocycles. The number of carbonyl (C=O) groups excluding carboxylic acids is 16. The number of hydrogen-bond donors (Lipinski definition) is 13. The number of aromatic hydroxyl groups is 2. The number of nitrogens with zero attached hydrogens (tertiary/aromatic N) is 5. The minimum Gasteiger partial charge on any atom is -0.508 e. The number of phenols is 2. The number of hydrogen-bond acceptors (Lipinski definition) is 20. The number of nitrogens with two attached hydrogens (primary N) is 1. The Balaban J connectivity index is 1.11. The van der Waals surface area contributed by atoms with Crippen LogP contribution in [0.2, 0.25) is 0 Å². The predicted octanol–water partition coefficient (Wildman–Crippen LogP) is 2.31. The maximum Gasteiger partial charge on any atom is 0.293 e. The Morgan fingerprint density at radius 3 is 1.59 bits per heavy atom. The summed E-state index contributed by atoms with van der Waals surface area (Å²) in [6.07, 6.45) is 2.27. The maximum absolute atomic E-state index is 15.7. The quantitative estimate of drug-likeness (QED) is 0.0409. The molecule has 0 spiro atoms. The van der Waals surface area contributed by atoms with Crippen molar-refractivity contribution in [1.29, 1.82) is 0 Å². The number of piperidine rings is 1. The van der Waals surface area contributed by atoms with Crippen LogP contribution in [0.1, 0.15) is 106 Å². The summed E-state index contributed by atoms with van der Waals surface area (Å²) >= 11 is 0.842. The van der Waals surface area contributed by atoms with Crippen LogP contribution in [0.4, 0.5) is 0 Å². The van der Waals surface area contributed by atoms with Crippen LogP contribution >= 0.6 is 11.8 Å². The number of thioether (sulfide) groups is 1. The summed E-state index contributed by atoms with van der Waals surface area (Å²) in [5, 5.41) is 45.6. The highest BCUT2D eigenvalue weighted by atomic mass is 32.2. The van der Waals surface area contributed by atoms with E-state index in [1.165, 1.54) is 98.3 Å². The Morgan fingerprint density at radius 2 is 1.01 bits per heavy atom. The van der Waals surface area contributed by atoms with E-state index in [4.69, 9.17) is 10.5 Å². The lowest BCUT2D eigenvalue weighted by atomic mass is 9.97. The molecule has 0 saturated carbocycles. The molecule has 694 valence electrons. The standard InChI is InChI=1S/C94H118N16O19S/c1-9-10-32-77-94(128)110-42-23-22-33-76(110)88(122)104-74(53-129-56-111)87(121)98-58(4)90(124)108(7)78(47-60-26-16-12-17-27-60)89(123)103-72(46-63-36-40-66(113)41-37-63)91(125)106(5)52-81(115)99-71(49-64-50-96-68-31-21-20-30-67(64)68)86(120)102-70(44-62-34-38-65(112)39-35-62)85(119)101-69(43-57(2)3)84(118)105-75(83(117)97-51-80(95)114)54-130-55-82(116)100-73(45-59-24-14-11-15-25-59)92(126)109(8)79(93(127)107(77)6)48-61-28-18-13-19-29-61/h11-21,24-31,34-41,50,56-58,69-79,96,112-113H,9-10,22-23,32-33,42-49,51-55H2,1-8H3,(H2,95,114)(H,97,117)(H,98,121)(H,99,115)(H,100,116)(H,101,119)(H,102,120)(H,103,123)(H,104,122)(H,105,118)/t58-,69-,70-,71-,72-,73-,74-,75-,76+,77-,78-,79-/m0/s1. The van der Waals surface area contributed by atoms with E-state index in [1.54, 1.807) is 135 Å². The summed E-state index contributed by atoms with van der Waals surface area (Å²) in [6.45, 7) is 4.53. The zero-order valence-corrected chi connectivity index (χ0v) is 75.1. The van der Waals surface area contributed by atoms with Gasteiger partial charge in [0.15, 0.2) is 0 Å². The monoisotopic (exact) mass is 1810 g/mol. The van der Waals surface area contributed by atoms with Crippen LogP contribution in [0.15, 0.2) is 170 Å². The lowest BCUT2D eigenvalue weighted by molar-refractivity contribution is -0.154. The first-order chi connectivity index (χ1) is 62.2. The van der Waals surface area contributed by atoms with E-state index in [0.29, 0.717) is 70.0 Å². The van der Waals surface area contributed by atoms with E-state index in [-0.39, 0.29) is 94.0 Å². The number of fused-ring (bicyclic) bond motifs is 2. The molecule has 130 heavy (non-hydrogen) atoms. The number of benzene rings is 6. The topological polar surface area (TPSA) is 489 Å². The van der Waals surface area contributed by atoms with E-state index < -0.39 is 187 Å². The molecule has 15 amide bonds. The molecule has 14 N–H and O–H groups in total. The van der Waals surface area contributed by atoms with Gasteiger partial charge in [0.25, 0.3) is 6.47 Å². The Bertz CT molecular complexity index is 5090. The van der Waals surface area contributed by atoms with Crippen molar-refractivity contribution in [2.24, 2.45) is 11.7 Å². The van der Waals surface area contributed by atoms with Gasteiger partial charge in [-0.15, -0.1) is 11.8 Å². The summed E-state index contributed by atoms with van der Waals surface area (Å²) in [5.74, 6) is -14.4. The minimum absolute atomic E-state index is 0.0137. The van der Waals surface area contributed by atoms with E-state index in [1.807, 2.05) is 6.92 Å². The fraction of sp³-hybridized carbons (Fsp3) is 0.426. The summed E-state index contributed by atoms with van der Waals surface area (Å²) in [7, 11) is 5.39. The first-order valence-corrected chi connectivity index (χ1v) is 44.5. The number of unbranched alkanes of at least 4 members (excludes halogenated alkanes) is 1. The highest BCUT2D eigenvalue weighted by Crippen LogP contribution is 2.27. The number of phenolic OH excluding ortho intramolecular Hbond substituents is 2. The number of amides is 15. The molecule has 36 heteroatoms. The number of ether oxygens (including phenoxy) is 1. The second-order valence-corrected chi connectivity index (χ2v) is 34.2. The van der Waals surface area contributed by atoms with Gasteiger partial charge in [-0.25, -0.2) is 0 Å². The van der Waals surface area contributed by atoms with Crippen molar-refractivity contribution < 1.29 is 91.7 Å². The molecule has 6 aromatic carbocycles. The fourth-order valence-electron chi connectivity index (χ4n) is 15.7. The highest BCUT2D eigenvalue weighted by molar-refractivity contribution is 8.00. The first-order valence-electron chi connectivity index (χ1n) is 43.4. The molecule has 0 unspecified atom stereocenters. The predicted molar refractivity (Wildman–Crippen MR) is 484 cm³/mol. The molecular formula is C94H118N16O19S. The van der Waals surface area contributed by atoms with Gasteiger partial charge in [0.05, 0.1) is 18.8 Å². The van der Waals surface area contributed by atoms with Crippen LogP contribution in [0.3, 0.4) is 0 Å². The van der Waals surface area contributed by atoms with Crippen LogP contribution in [0, 0.1) is 5.92 Å². The third-order valence-electron chi connectivity index (χ3n) is 22.8. The summed E-state index contributed by atoms with van der Waals surface area (Å²) in [4.78, 5) is 244. The van der Waals surface area contributed by atoms with Crippen molar-refractivity contribution in [3.8, 4) is 11.5 Å². The molecule has 12 atom stereocenters. The summed E-state index contributed by atoms with van der Waals surface area (Å²) < 4.78 is 5.10. The molecular weight excluding hydrogens is 1690 g/mol. The van der Waals surface area contributed by atoms with Crippen LogP contribution in [0.25, 0.3) is 10.9 Å². The SMILES string of the molecule is CCCC[C@H]1C(=O)N2CCCC[C@@H]2C(=O)N[C@@H](COC=O)C(=O)N[C@@H](C)C(=O)N(C)[C@@H](Cc2ccccc2)C(=O)N[C@@H](Cc2ccc(O)cc2)C(=O)N(C)CC(=O)N[C@@H](Cc2c[nH]c3ccccc23)C(=O)N[C@@H](Cc2ccc(O)cc2)C(=O)N[C@@H](CC(C)C)C(=O)N[C@H](C(=O)NCC(N)=O)CSCC(=O)N[C@@H](Cc2ccccc2)C(=O)N(C)[C@@H](Cc2ccccc2)C(=O)N1C. The lowest BCUT2D eigenvalue weighted by Gasteiger charge is -2.41. The van der Waals surface area contributed by atoms with E-state index in [0.717, 1.165) is 21.6 Å². The van der Waals surface area contributed by atoms with Crippen LogP contribution in [-0.2, 0) is 120 Å². The van der Waals surface area contributed by atoms with Gasteiger partial charge in [-0.1, -0.05) is 167 Å². The van der Waals surface area contributed by atoms with Gasteiger partial charge < -0.3 is 98.0 Å². The van der Waals surface area contributed by atoms with Crippen LogP contribution in [-0.4, -0.2) is 273 Å². The van der Waals surface area contributed by atoms with Crippen molar-refractivity contribution in [3.05, 3.63) is 203 Å².